The van der Waals surface area contributed by atoms with Crippen LogP contribution in [0.15, 0.2) is 18.6 Å². The van der Waals surface area contributed by atoms with E-state index in [-0.39, 0.29) is 0 Å². The zero-order chi connectivity index (χ0) is 14.4. The smallest absolute Gasteiger partial charge is 0.164 e. The van der Waals surface area contributed by atoms with Gasteiger partial charge in [-0.05, 0) is 6.42 Å². The van der Waals surface area contributed by atoms with Crippen LogP contribution in [0.25, 0.3) is 11.4 Å². The summed E-state index contributed by atoms with van der Waals surface area (Å²) in [7, 11) is 1.86. The predicted molar refractivity (Wildman–Crippen MR) is 76.5 cm³/mol. The van der Waals surface area contributed by atoms with E-state index >= 15 is 0 Å². The van der Waals surface area contributed by atoms with Crippen LogP contribution in [0.4, 0.5) is 5.82 Å². The SMILES string of the molecule is Cn1cc(-c2ncc(C#N)c(N3C[C@@H]4C[C@H]3CN4)n2)cn1. The van der Waals surface area contributed by atoms with Gasteiger partial charge < -0.3 is 10.2 Å². The quantitative estimate of drug-likeness (QED) is 0.852. The molecule has 106 valence electrons. The molecular weight excluding hydrogens is 266 g/mol. The van der Waals surface area contributed by atoms with E-state index in [4.69, 9.17) is 0 Å². The van der Waals surface area contributed by atoms with Gasteiger partial charge in [0, 0.05) is 38.4 Å². The first-order valence-corrected chi connectivity index (χ1v) is 7.01. The zero-order valence-electron chi connectivity index (χ0n) is 11.7. The van der Waals surface area contributed by atoms with Gasteiger partial charge >= 0.3 is 0 Å². The maximum atomic E-state index is 9.33. The van der Waals surface area contributed by atoms with E-state index in [1.54, 1.807) is 17.1 Å². The third kappa shape index (κ3) is 1.96. The second kappa shape index (κ2) is 4.53. The normalized spacial score (nSPS) is 23.5. The van der Waals surface area contributed by atoms with Crippen LogP contribution < -0.4 is 10.2 Å². The molecule has 2 aromatic rings. The summed E-state index contributed by atoms with van der Waals surface area (Å²) in [6, 6.07) is 3.15. The van der Waals surface area contributed by atoms with Crippen molar-refractivity contribution in [3.8, 4) is 17.5 Å². The monoisotopic (exact) mass is 281 g/mol. The Morgan fingerprint density at radius 2 is 2.33 bits per heavy atom. The molecule has 2 aliphatic heterocycles. The summed E-state index contributed by atoms with van der Waals surface area (Å²) in [5.41, 5.74) is 1.40. The second-order valence-corrected chi connectivity index (χ2v) is 5.59. The standard InChI is InChI=1S/C14H15N7/c1-20-7-10(5-18-20)13-17-4-9(3-15)14(19-13)21-8-11-2-12(21)6-16-11/h4-5,7,11-12,16H,2,6,8H2,1H3/t11-,12-/m0/s1. The lowest BCUT2D eigenvalue weighted by atomic mass is 10.2. The molecular formula is C14H15N7. The summed E-state index contributed by atoms with van der Waals surface area (Å²) in [5.74, 6) is 1.37. The minimum atomic E-state index is 0.429. The third-order valence-corrected chi connectivity index (χ3v) is 4.18. The maximum Gasteiger partial charge on any atom is 0.164 e. The molecule has 4 heterocycles. The fourth-order valence-corrected chi connectivity index (χ4v) is 3.17. The van der Waals surface area contributed by atoms with E-state index in [9.17, 15) is 5.26 Å². The molecule has 7 heteroatoms. The second-order valence-electron chi connectivity index (χ2n) is 5.59. The summed E-state index contributed by atoms with van der Waals surface area (Å²) in [4.78, 5) is 11.2. The van der Waals surface area contributed by atoms with Crippen molar-refractivity contribution in [2.24, 2.45) is 7.05 Å². The molecule has 0 saturated carbocycles. The molecule has 2 aliphatic rings. The van der Waals surface area contributed by atoms with E-state index in [0.29, 0.717) is 23.5 Å². The zero-order valence-corrected chi connectivity index (χ0v) is 11.7. The highest BCUT2D eigenvalue weighted by Gasteiger charge is 2.39. The molecule has 2 fully saturated rings. The van der Waals surface area contributed by atoms with Gasteiger partial charge in [-0.1, -0.05) is 0 Å². The summed E-state index contributed by atoms with van der Waals surface area (Å²) < 4.78 is 1.72. The number of anilines is 1. The molecule has 21 heavy (non-hydrogen) atoms. The summed E-state index contributed by atoms with van der Waals surface area (Å²) >= 11 is 0. The fraction of sp³-hybridized carbons (Fsp3) is 0.429. The largest absolute Gasteiger partial charge is 0.350 e. The molecule has 2 atom stereocenters. The summed E-state index contributed by atoms with van der Waals surface area (Å²) in [5, 5.41) is 16.9. The first-order valence-electron chi connectivity index (χ1n) is 7.01. The Kier molecular flexibility index (Phi) is 2.65. The number of aryl methyl sites for hydroxylation is 1. The third-order valence-electron chi connectivity index (χ3n) is 4.18. The van der Waals surface area contributed by atoms with Gasteiger partial charge in [-0.25, -0.2) is 9.97 Å². The molecule has 0 spiro atoms. The Balaban J connectivity index is 1.76. The molecule has 2 bridgehead atoms. The van der Waals surface area contributed by atoms with Crippen LogP contribution in [0.3, 0.4) is 0 Å². The van der Waals surface area contributed by atoms with Crippen LogP contribution in [-0.2, 0) is 7.05 Å². The number of hydrogen-bond acceptors (Lipinski definition) is 6. The van der Waals surface area contributed by atoms with Gasteiger partial charge in [0.1, 0.15) is 11.6 Å². The van der Waals surface area contributed by atoms with E-state index in [1.165, 1.54) is 0 Å². The topological polar surface area (TPSA) is 82.7 Å². The fourth-order valence-electron chi connectivity index (χ4n) is 3.17. The molecule has 4 rings (SSSR count). The lowest BCUT2D eigenvalue weighted by Crippen LogP contribution is -2.44. The van der Waals surface area contributed by atoms with E-state index < -0.39 is 0 Å². The van der Waals surface area contributed by atoms with Gasteiger partial charge in [0.05, 0.1) is 18.0 Å². The highest BCUT2D eigenvalue weighted by molar-refractivity contribution is 5.61. The van der Waals surface area contributed by atoms with E-state index in [0.717, 1.165) is 30.9 Å². The highest BCUT2D eigenvalue weighted by Crippen LogP contribution is 2.31. The maximum absolute atomic E-state index is 9.33. The average molecular weight is 281 g/mol. The van der Waals surface area contributed by atoms with Crippen molar-refractivity contribution in [1.82, 2.24) is 25.1 Å². The highest BCUT2D eigenvalue weighted by atomic mass is 15.3. The lowest BCUT2D eigenvalue weighted by molar-refractivity contribution is 0.576. The molecule has 0 aromatic carbocycles. The Morgan fingerprint density at radius 1 is 1.43 bits per heavy atom. The van der Waals surface area contributed by atoms with Crippen LogP contribution in [0, 0.1) is 11.3 Å². The Hall–Kier alpha value is -2.46. The summed E-state index contributed by atoms with van der Waals surface area (Å²) in [6.45, 7) is 1.87. The molecule has 1 N–H and O–H groups in total. The number of nitrogens with one attached hydrogen (secondary N) is 1. The Morgan fingerprint density at radius 3 is 2.95 bits per heavy atom. The average Bonchev–Trinajstić information content (AvgIpc) is 3.22. The van der Waals surface area contributed by atoms with Gasteiger partial charge in [0.2, 0.25) is 0 Å². The predicted octanol–water partition coefficient (Wildman–Crippen LogP) is 0.299. The number of fused-ring (bicyclic) bond motifs is 2. The van der Waals surface area contributed by atoms with E-state index in [2.05, 4.69) is 31.4 Å². The molecule has 2 saturated heterocycles. The van der Waals surface area contributed by atoms with Gasteiger partial charge in [-0.15, -0.1) is 0 Å². The lowest BCUT2D eigenvalue weighted by Gasteiger charge is -2.29. The first-order chi connectivity index (χ1) is 10.2. The van der Waals surface area contributed by atoms with Gasteiger partial charge in [-0.3, -0.25) is 4.68 Å². The number of nitrogens with zero attached hydrogens (tertiary/aromatic N) is 6. The number of nitriles is 1. The number of aromatic nitrogens is 4. The minimum absolute atomic E-state index is 0.429. The van der Waals surface area contributed by atoms with Crippen LogP contribution >= 0.6 is 0 Å². The van der Waals surface area contributed by atoms with Crippen LogP contribution in [0.5, 0.6) is 0 Å². The van der Waals surface area contributed by atoms with Crippen molar-refractivity contribution in [2.75, 3.05) is 18.0 Å². The molecule has 0 amide bonds. The Bertz CT molecular complexity index is 729. The van der Waals surface area contributed by atoms with Crippen molar-refractivity contribution in [3.05, 3.63) is 24.2 Å². The van der Waals surface area contributed by atoms with Crippen LogP contribution in [0.1, 0.15) is 12.0 Å². The first kappa shape index (κ1) is 12.3. The molecule has 0 aliphatic carbocycles. The number of piperazine rings is 1. The van der Waals surface area contributed by atoms with Crippen molar-refractivity contribution in [3.63, 3.8) is 0 Å². The molecule has 7 nitrogen and oxygen atoms in total. The molecule has 0 unspecified atom stereocenters. The van der Waals surface area contributed by atoms with Gasteiger partial charge in [-0.2, -0.15) is 10.4 Å². The van der Waals surface area contributed by atoms with E-state index in [1.807, 2.05) is 13.2 Å². The van der Waals surface area contributed by atoms with Crippen LogP contribution in [0.2, 0.25) is 0 Å². The van der Waals surface area contributed by atoms with Gasteiger partial charge in [0.15, 0.2) is 11.6 Å². The summed E-state index contributed by atoms with van der Waals surface area (Å²) in [6.07, 6.45) is 6.35. The van der Waals surface area contributed by atoms with Crippen molar-refractivity contribution >= 4 is 5.82 Å². The minimum Gasteiger partial charge on any atom is -0.350 e. The molecule has 2 aromatic heterocycles. The molecule has 0 radical (unpaired) electrons. The van der Waals surface area contributed by atoms with Crippen molar-refractivity contribution < 1.29 is 0 Å². The van der Waals surface area contributed by atoms with Gasteiger partial charge in [0.25, 0.3) is 0 Å². The van der Waals surface area contributed by atoms with Crippen LogP contribution in [-0.4, -0.2) is 44.9 Å². The number of rotatable bonds is 2. The Labute approximate surface area is 122 Å². The van der Waals surface area contributed by atoms with Crippen molar-refractivity contribution in [2.45, 2.75) is 18.5 Å². The van der Waals surface area contributed by atoms with Crippen molar-refractivity contribution in [1.29, 1.82) is 5.26 Å². The number of hydrogen-bond donors (Lipinski definition) is 1.